The Morgan fingerprint density at radius 2 is 1.83 bits per heavy atom. The zero-order valence-corrected chi connectivity index (χ0v) is 12.0. The predicted octanol–water partition coefficient (Wildman–Crippen LogP) is 2.03. The molecule has 0 fully saturated rings. The zero-order chi connectivity index (χ0) is 14.3. The maximum atomic E-state index is 11.6. The largest absolute Gasteiger partial charge is 0.462 e. The van der Waals surface area contributed by atoms with Crippen LogP contribution in [0.1, 0.15) is 41.5 Å². The fourth-order valence-corrected chi connectivity index (χ4v) is 0.964. The maximum absolute atomic E-state index is 11.6. The van der Waals surface area contributed by atoms with Crippen LogP contribution in [0, 0.1) is 5.41 Å². The third kappa shape index (κ3) is 6.18. The van der Waals surface area contributed by atoms with Crippen LogP contribution in [0.2, 0.25) is 0 Å². The van der Waals surface area contributed by atoms with Gasteiger partial charge < -0.3 is 10.1 Å². The van der Waals surface area contributed by atoms with Crippen LogP contribution < -0.4 is 5.32 Å². The number of amides is 1. The highest BCUT2D eigenvalue weighted by molar-refractivity contribution is 6.35. The lowest BCUT2D eigenvalue weighted by Gasteiger charge is -2.15. The lowest BCUT2D eigenvalue weighted by Crippen LogP contribution is -2.31. The summed E-state index contributed by atoms with van der Waals surface area (Å²) >= 11 is 0. The zero-order valence-electron chi connectivity index (χ0n) is 12.0. The minimum Gasteiger partial charge on any atom is -0.462 e. The second-order valence-electron chi connectivity index (χ2n) is 4.93. The van der Waals surface area contributed by atoms with E-state index in [4.69, 9.17) is 4.74 Å². The minimum atomic E-state index is -0.462. The molecular weight excluding hydrogens is 232 g/mol. The summed E-state index contributed by atoms with van der Waals surface area (Å²) in [4.78, 5) is 26.9. The van der Waals surface area contributed by atoms with Crippen LogP contribution >= 0.6 is 0 Å². The molecule has 0 aromatic carbocycles. The van der Waals surface area contributed by atoms with Crippen molar-refractivity contribution in [1.82, 2.24) is 5.32 Å². The molecule has 0 radical (unpaired) electrons. The van der Waals surface area contributed by atoms with E-state index in [-0.39, 0.29) is 11.6 Å². The van der Waals surface area contributed by atoms with E-state index < -0.39 is 11.4 Å². The Morgan fingerprint density at radius 3 is 2.28 bits per heavy atom. The highest BCUT2D eigenvalue weighted by atomic mass is 16.5. The molecule has 102 valence electrons. The number of hydrogen-bond acceptors (Lipinski definition) is 4. The van der Waals surface area contributed by atoms with E-state index in [0.29, 0.717) is 12.3 Å². The van der Waals surface area contributed by atoms with E-state index in [1.54, 1.807) is 20.8 Å². The van der Waals surface area contributed by atoms with Gasteiger partial charge in [-0.15, -0.1) is 0 Å². The summed E-state index contributed by atoms with van der Waals surface area (Å²) in [5.41, 5.74) is 0.338. The standard InChI is InChI=1S/C13H22N2O3/c1-7-18-11(16)10(3)15-9(2)8-14-12(17)13(4,5)6/h8H,7H2,1-6H3,(H,14,17)/b9-8+,15-10?. The number of allylic oxidation sites excluding steroid dienone is 1. The van der Waals surface area contributed by atoms with E-state index >= 15 is 0 Å². The predicted molar refractivity (Wildman–Crippen MR) is 71.1 cm³/mol. The molecule has 0 aromatic rings. The number of carbonyl (C=O) groups excluding carboxylic acids is 2. The Bertz CT molecular complexity index is 376. The molecule has 0 bridgehead atoms. The van der Waals surface area contributed by atoms with Crippen LogP contribution in [-0.2, 0) is 14.3 Å². The van der Waals surface area contributed by atoms with Gasteiger partial charge in [0.05, 0.1) is 12.3 Å². The van der Waals surface area contributed by atoms with Gasteiger partial charge in [0.15, 0.2) is 0 Å². The van der Waals surface area contributed by atoms with Crippen LogP contribution in [0.4, 0.5) is 0 Å². The Hall–Kier alpha value is -1.65. The average Bonchev–Trinajstić information content (AvgIpc) is 2.24. The summed E-state index contributed by atoms with van der Waals surface area (Å²) in [7, 11) is 0. The highest BCUT2D eigenvalue weighted by Crippen LogP contribution is 2.12. The van der Waals surface area contributed by atoms with Crippen molar-refractivity contribution in [3.05, 3.63) is 11.9 Å². The monoisotopic (exact) mass is 254 g/mol. The molecule has 1 amide bonds. The quantitative estimate of drug-likeness (QED) is 0.616. The third-order valence-electron chi connectivity index (χ3n) is 2.01. The van der Waals surface area contributed by atoms with Gasteiger partial charge in [-0.1, -0.05) is 20.8 Å². The van der Waals surface area contributed by atoms with Crippen molar-refractivity contribution in [3.8, 4) is 0 Å². The summed E-state index contributed by atoms with van der Waals surface area (Å²) in [6, 6.07) is 0. The van der Waals surface area contributed by atoms with Gasteiger partial charge in [-0.25, -0.2) is 9.79 Å². The number of aliphatic imine (C=N–C) groups is 1. The van der Waals surface area contributed by atoms with Crippen LogP contribution in [-0.4, -0.2) is 24.2 Å². The molecule has 1 N–H and O–H groups in total. The number of nitrogens with zero attached hydrogens (tertiary/aromatic N) is 1. The van der Waals surface area contributed by atoms with E-state index in [2.05, 4.69) is 10.3 Å². The van der Waals surface area contributed by atoms with Crippen LogP contribution in [0.15, 0.2) is 16.9 Å². The van der Waals surface area contributed by atoms with Crippen molar-refractivity contribution in [2.24, 2.45) is 10.4 Å². The molecule has 5 heteroatoms. The number of rotatable bonds is 4. The second-order valence-corrected chi connectivity index (χ2v) is 4.93. The van der Waals surface area contributed by atoms with Crippen molar-refractivity contribution in [2.45, 2.75) is 41.5 Å². The van der Waals surface area contributed by atoms with Gasteiger partial charge in [0.25, 0.3) is 0 Å². The third-order valence-corrected chi connectivity index (χ3v) is 2.01. The van der Waals surface area contributed by atoms with Crippen molar-refractivity contribution < 1.29 is 14.3 Å². The summed E-state index contributed by atoms with van der Waals surface area (Å²) < 4.78 is 4.80. The first-order valence-corrected chi connectivity index (χ1v) is 5.88. The molecular formula is C13H22N2O3. The molecule has 0 saturated heterocycles. The summed E-state index contributed by atoms with van der Waals surface area (Å²) in [6.45, 7) is 10.8. The lowest BCUT2D eigenvalue weighted by atomic mass is 9.96. The number of hydrogen-bond donors (Lipinski definition) is 1. The van der Waals surface area contributed by atoms with Crippen molar-refractivity contribution in [1.29, 1.82) is 0 Å². The van der Waals surface area contributed by atoms with Crippen LogP contribution in [0.25, 0.3) is 0 Å². The lowest BCUT2D eigenvalue weighted by molar-refractivity contribution is -0.135. The first-order chi connectivity index (χ1) is 8.18. The minimum absolute atomic E-state index is 0.106. The fraction of sp³-hybridized carbons (Fsp3) is 0.615. The van der Waals surface area contributed by atoms with Crippen LogP contribution in [0.3, 0.4) is 0 Å². The van der Waals surface area contributed by atoms with Crippen LogP contribution in [0.5, 0.6) is 0 Å². The normalized spacial score (nSPS) is 13.2. The molecule has 0 atom stereocenters. The summed E-state index contributed by atoms with van der Waals surface area (Å²) in [5.74, 6) is -0.557. The number of nitrogens with one attached hydrogen (secondary N) is 1. The van der Waals surface area contributed by atoms with Gasteiger partial charge in [0, 0.05) is 11.6 Å². The van der Waals surface area contributed by atoms with E-state index in [0.717, 1.165) is 0 Å². The molecule has 5 nitrogen and oxygen atoms in total. The number of carbonyl (C=O) groups is 2. The summed E-state index contributed by atoms with van der Waals surface area (Å²) in [6.07, 6.45) is 1.48. The van der Waals surface area contributed by atoms with E-state index in [1.165, 1.54) is 6.20 Å². The van der Waals surface area contributed by atoms with Gasteiger partial charge in [-0.05, 0) is 20.8 Å². The highest BCUT2D eigenvalue weighted by Gasteiger charge is 2.19. The van der Waals surface area contributed by atoms with Crippen molar-refractivity contribution in [3.63, 3.8) is 0 Å². The van der Waals surface area contributed by atoms with Crippen molar-refractivity contribution >= 4 is 17.6 Å². The molecule has 0 rings (SSSR count). The second kappa shape index (κ2) is 6.93. The topological polar surface area (TPSA) is 67.8 Å². The Morgan fingerprint density at radius 1 is 1.28 bits per heavy atom. The first kappa shape index (κ1) is 16.4. The Balaban J connectivity index is 4.58. The van der Waals surface area contributed by atoms with Gasteiger partial charge in [0.1, 0.15) is 5.71 Å². The first-order valence-electron chi connectivity index (χ1n) is 5.88. The molecule has 0 aliphatic rings. The fourth-order valence-electron chi connectivity index (χ4n) is 0.964. The molecule has 0 saturated carbocycles. The number of esters is 1. The summed E-state index contributed by atoms with van der Waals surface area (Å²) in [5, 5.41) is 2.64. The average molecular weight is 254 g/mol. The maximum Gasteiger partial charge on any atom is 0.352 e. The molecule has 0 aliphatic carbocycles. The molecule has 0 aromatic heterocycles. The van der Waals surface area contributed by atoms with Gasteiger partial charge in [-0.2, -0.15) is 0 Å². The Kier molecular flexibility index (Phi) is 6.30. The molecule has 0 aliphatic heterocycles. The number of ether oxygens (including phenoxy) is 1. The van der Waals surface area contributed by atoms with Crippen molar-refractivity contribution in [2.75, 3.05) is 6.61 Å². The van der Waals surface area contributed by atoms with Gasteiger partial charge in [0.2, 0.25) is 5.91 Å². The van der Waals surface area contributed by atoms with E-state index in [1.807, 2.05) is 20.8 Å². The molecule has 0 spiro atoms. The Labute approximate surface area is 108 Å². The van der Waals surface area contributed by atoms with E-state index in [9.17, 15) is 9.59 Å². The van der Waals surface area contributed by atoms with Gasteiger partial charge in [-0.3, -0.25) is 4.79 Å². The van der Waals surface area contributed by atoms with Gasteiger partial charge >= 0.3 is 5.97 Å². The molecule has 0 heterocycles. The molecule has 18 heavy (non-hydrogen) atoms. The smallest absolute Gasteiger partial charge is 0.352 e. The molecule has 0 unspecified atom stereocenters. The SMILES string of the molecule is CCOC(=O)C(C)=N/C(C)=C/NC(=O)C(C)(C)C.